The average molecular weight is 575 g/mol. The first-order valence-corrected chi connectivity index (χ1v) is 13.6. The second-order valence-electron chi connectivity index (χ2n) is 11.1. The van der Waals surface area contributed by atoms with Crippen LogP contribution < -0.4 is 10.2 Å². The highest BCUT2D eigenvalue weighted by molar-refractivity contribution is 6.05. The quantitative estimate of drug-likeness (QED) is 0.219. The second kappa shape index (κ2) is 13.7. The van der Waals surface area contributed by atoms with Crippen LogP contribution in [-0.2, 0) is 31.7 Å². The van der Waals surface area contributed by atoms with Gasteiger partial charge in [0.25, 0.3) is 5.91 Å². The molecule has 1 saturated heterocycles. The molecule has 0 unspecified atom stereocenters. The summed E-state index contributed by atoms with van der Waals surface area (Å²) < 4.78 is 51.2. The van der Waals surface area contributed by atoms with E-state index >= 15 is 0 Å². The normalized spacial score (nSPS) is 14.9. The van der Waals surface area contributed by atoms with Crippen LogP contribution in [0.4, 0.5) is 23.7 Å². The van der Waals surface area contributed by atoms with Crippen LogP contribution in [0.2, 0.25) is 0 Å². The molecule has 7 nitrogen and oxygen atoms in total. The molecule has 0 saturated carbocycles. The molecule has 1 fully saturated rings. The summed E-state index contributed by atoms with van der Waals surface area (Å²) in [5.41, 5.74) is 0.458. The monoisotopic (exact) mass is 574 g/mol. The van der Waals surface area contributed by atoms with Gasteiger partial charge in [-0.05, 0) is 82.7 Å². The highest BCUT2D eigenvalue weighted by atomic mass is 19.4. The van der Waals surface area contributed by atoms with Gasteiger partial charge >= 0.3 is 18.2 Å². The van der Waals surface area contributed by atoms with E-state index in [1.54, 1.807) is 25.7 Å². The predicted molar refractivity (Wildman–Crippen MR) is 150 cm³/mol. The third kappa shape index (κ3) is 9.95. The van der Waals surface area contributed by atoms with Crippen LogP contribution in [0, 0.1) is 5.92 Å². The Morgan fingerprint density at radius 1 is 1.02 bits per heavy atom. The third-order valence-corrected chi connectivity index (χ3v) is 6.57. The van der Waals surface area contributed by atoms with Gasteiger partial charge in [-0.25, -0.2) is 4.79 Å². The number of hydrogen-bond donors (Lipinski definition) is 1. The Bertz CT molecular complexity index is 1240. The minimum absolute atomic E-state index is 0.121. The van der Waals surface area contributed by atoms with Gasteiger partial charge in [0, 0.05) is 24.4 Å². The summed E-state index contributed by atoms with van der Waals surface area (Å²) in [5.74, 6) is -1.38. The molecule has 10 heteroatoms. The number of benzene rings is 2. The molecule has 0 spiro atoms. The number of ether oxygens (including phenoxy) is 2. The molecule has 41 heavy (non-hydrogen) atoms. The standard InChI is InChI=1S/C31H37F3N2O5/c1-21(27(37)35-29(39)40-18-8-11-22-9-6-5-7-10-22)19-24-12-13-25(31(32,33)34)20-26(24)36-16-14-23(15-17-36)28(38)41-30(2,3)4/h5-7,9-10,12-13,19-20,23H,8,11,14-18H2,1-4H3,(H,35,37,39)/b21-19+. The Labute approximate surface area is 238 Å². The fourth-order valence-corrected chi connectivity index (χ4v) is 4.47. The summed E-state index contributed by atoms with van der Waals surface area (Å²) in [6.07, 6.45) is -1.87. The van der Waals surface area contributed by atoms with E-state index in [0.717, 1.165) is 17.7 Å². The zero-order valence-corrected chi connectivity index (χ0v) is 23.8. The largest absolute Gasteiger partial charge is 0.460 e. The van der Waals surface area contributed by atoms with Crippen molar-refractivity contribution in [3.63, 3.8) is 0 Å². The minimum atomic E-state index is -4.55. The summed E-state index contributed by atoms with van der Waals surface area (Å²) in [4.78, 5) is 39.0. The Hall–Kier alpha value is -3.82. The van der Waals surface area contributed by atoms with E-state index in [1.165, 1.54) is 19.1 Å². The van der Waals surface area contributed by atoms with Gasteiger partial charge in [-0.1, -0.05) is 36.4 Å². The van der Waals surface area contributed by atoms with Crippen molar-refractivity contribution in [2.75, 3.05) is 24.6 Å². The zero-order valence-electron chi connectivity index (χ0n) is 23.8. The van der Waals surface area contributed by atoms with Gasteiger partial charge in [0.05, 0.1) is 18.1 Å². The van der Waals surface area contributed by atoms with Crippen molar-refractivity contribution in [1.29, 1.82) is 0 Å². The van der Waals surface area contributed by atoms with Crippen LogP contribution in [-0.4, -0.2) is 43.3 Å². The predicted octanol–water partition coefficient (Wildman–Crippen LogP) is 6.55. The fourth-order valence-electron chi connectivity index (χ4n) is 4.47. The van der Waals surface area contributed by atoms with Crippen LogP contribution in [0.3, 0.4) is 0 Å². The van der Waals surface area contributed by atoms with Crippen LogP contribution >= 0.6 is 0 Å². The summed E-state index contributed by atoms with van der Waals surface area (Å²) in [7, 11) is 0. The maximum Gasteiger partial charge on any atom is 0.416 e. The number of alkyl halides is 3. The first-order valence-electron chi connectivity index (χ1n) is 13.6. The summed E-state index contributed by atoms with van der Waals surface area (Å²) in [6.45, 7) is 7.62. The lowest BCUT2D eigenvalue weighted by atomic mass is 9.95. The van der Waals surface area contributed by atoms with E-state index in [0.29, 0.717) is 44.3 Å². The lowest BCUT2D eigenvalue weighted by molar-refractivity contribution is -0.160. The molecule has 0 bridgehead atoms. The maximum atomic E-state index is 13.5. The lowest BCUT2D eigenvalue weighted by Crippen LogP contribution is -2.39. The fraction of sp³-hybridized carbons (Fsp3) is 0.452. The molecular weight excluding hydrogens is 537 g/mol. The number of carbonyl (C=O) groups is 3. The Morgan fingerprint density at radius 2 is 1.68 bits per heavy atom. The van der Waals surface area contributed by atoms with Crippen molar-refractivity contribution in [3.05, 3.63) is 70.8 Å². The minimum Gasteiger partial charge on any atom is -0.460 e. The maximum absolute atomic E-state index is 13.5. The van der Waals surface area contributed by atoms with Gasteiger partial charge in [-0.3, -0.25) is 14.9 Å². The summed E-state index contributed by atoms with van der Waals surface area (Å²) in [5, 5.41) is 2.16. The first kappa shape index (κ1) is 31.7. The van der Waals surface area contributed by atoms with E-state index in [4.69, 9.17) is 9.47 Å². The Morgan fingerprint density at radius 3 is 2.29 bits per heavy atom. The van der Waals surface area contributed by atoms with Gasteiger partial charge in [0.15, 0.2) is 0 Å². The number of rotatable bonds is 8. The van der Waals surface area contributed by atoms with Gasteiger partial charge in [0.1, 0.15) is 5.60 Å². The smallest absolute Gasteiger partial charge is 0.416 e. The van der Waals surface area contributed by atoms with E-state index in [1.807, 2.05) is 30.3 Å². The van der Waals surface area contributed by atoms with Crippen molar-refractivity contribution in [2.24, 2.45) is 5.92 Å². The lowest BCUT2D eigenvalue weighted by Gasteiger charge is -2.35. The number of nitrogens with one attached hydrogen (secondary N) is 1. The van der Waals surface area contributed by atoms with Crippen molar-refractivity contribution >= 4 is 29.7 Å². The van der Waals surface area contributed by atoms with Crippen molar-refractivity contribution in [1.82, 2.24) is 5.32 Å². The van der Waals surface area contributed by atoms with Gasteiger partial charge in [0.2, 0.25) is 0 Å². The molecule has 2 amide bonds. The number of imide groups is 1. The number of nitrogens with zero attached hydrogens (tertiary/aromatic N) is 1. The number of carbonyl (C=O) groups excluding carboxylic acids is 3. The van der Waals surface area contributed by atoms with Gasteiger partial charge in [-0.15, -0.1) is 0 Å². The molecule has 1 heterocycles. The van der Waals surface area contributed by atoms with E-state index in [-0.39, 0.29) is 29.8 Å². The van der Waals surface area contributed by atoms with Gasteiger partial charge < -0.3 is 14.4 Å². The molecule has 2 aromatic rings. The third-order valence-electron chi connectivity index (χ3n) is 6.57. The number of alkyl carbamates (subject to hydrolysis) is 1. The Balaban J connectivity index is 1.66. The number of aryl methyl sites for hydroxylation is 1. The molecule has 222 valence electrons. The first-order chi connectivity index (χ1) is 19.2. The van der Waals surface area contributed by atoms with Crippen LogP contribution in [0.5, 0.6) is 0 Å². The number of halogens is 3. The molecule has 0 atom stereocenters. The number of piperidine rings is 1. The highest BCUT2D eigenvalue weighted by Gasteiger charge is 2.33. The summed E-state index contributed by atoms with van der Waals surface area (Å²) >= 11 is 0. The molecule has 0 aliphatic carbocycles. The van der Waals surface area contributed by atoms with E-state index in [9.17, 15) is 27.6 Å². The van der Waals surface area contributed by atoms with Crippen molar-refractivity contribution < 1.29 is 37.0 Å². The molecule has 0 radical (unpaired) electrons. The number of hydrogen-bond acceptors (Lipinski definition) is 6. The average Bonchev–Trinajstić information content (AvgIpc) is 2.90. The zero-order chi connectivity index (χ0) is 30.2. The van der Waals surface area contributed by atoms with Crippen LogP contribution in [0.1, 0.15) is 63.6 Å². The molecule has 0 aromatic heterocycles. The number of amides is 2. The molecular formula is C31H37F3N2O5. The molecule has 1 N–H and O–H groups in total. The van der Waals surface area contributed by atoms with Crippen molar-refractivity contribution in [2.45, 2.75) is 65.2 Å². The van der Waals surface area contributed by atoms with Crippen LogP contribution in [0.25, 0.3) is 6.08 Å². The topological polar surface area (TPSA) is 84.9 Å². The van der Waals surface area contributed by atoms with Crippen LogP contribution in [0.15, 0.2) is 54.1 Å². The Kier molecular flexibility index (Phi) is 10.6. The molecule has 2 aromatic carbocycles. The highest BCUT2D eigenvalue weighted by Crippen LogP contribution is 2.36. The molecule has 1 aliphatic rings. The summed E-state index contributed by atoms with van der Waals surface area (Å²) in [6, 6.07) is 13.0. The molecule has 3 rings (SSSR count). The SMILES string of the molecule is C/C(=C\c1ccc(C(F)(F)F)cc1N1CCC(C(=O)OC(C)(C)C)CC1)C(=O)NC(=O)OCCCc1ccccc1. The molecule has 1 aliphatic heterocycles. The van der Waals surface area contributed by atoms with Gasteiger partial charge in [-0.2, -0.15) is 13.2 Å². The number of anilines is 1. The van der Waals surface area contributed by atoms with E-state index in [2.05, 4.69) is 5.32 Å². The van der Waals surface area contributed by atoms with E-state index < -0.39 is 29.3 Å². The van der Waals surface area contributed by atoms with Crippen molar-refractivity contribution in [3.8, 4) is 0 Å². The second-order valence-corrected chi connectivity index (χ2v) is 11.1. The number of esters is 1.